The molecule has 0 radical (unpaired) electrons. The number of fused-ring (bicyclic) bond motifs is 1. The van der Waals surface area contributed by atoms with Gasteiger partial charge in [-0.25, -0.2) is 9.78 Å². The summed E-state index contributed by atoms with van der Waals surface area (Å²) in [5, 5.41) is 1.08. The van der Waals surface area contributed by atoms with Crippen LogP contribution < -0.4 is 4.74 Å². The first-order valence-electron chi connectivity index (χ1n) is 12.7. The molecule has 2 heterocycles. The van der Waals surface area contributed by atoms with E-state index in [2.05, 4.69) is 20.0 Å². The summed E-state index contributed by atoms with van der Waals surface area (Å²) < 4.78 is 104. The van der Waals surface area contributed by atoms with Crippen molar-refractivity contribution in [3.63, 3.8) is 0 Å². The summed E-state index contributed by atoms with van der Waals surface area (Å²) in [4.78, 5) is 17.2. The number of thiophene rings is 1. The highest BCUT2D eigenvalue weighted by Crippen LogP contribution is 2.37. The van der Waals surface area contributed by atoms with E-state index in [-0.39, 0.29) is 11.8 Å². The Kier molecular flexibility index (Phi) is 12.6. The maximum absolute atomic E-state index is 12.3. The monoisotopic (exact) mass is 751 g/mol. The molecule has 0 spiro atoms. The highest BCUT2D eigenvalue weighted by atomic mass is 35.6. The zero-order chi connectivity index (χ0) is 34.3. The van der Waals surface area contributed by atoms with Gasteiger partial charge in [0.15, 0.2) is 13.2 Å². The first-order valence-corrected chi connectivity index (χ1v) is 16.1. The Morgan fingerprint density at radius 1 is 0.913 bits per heavy atom. The average Bonchev–Trinajstić information content (AvgIpc) is 3.37. The third-order valence-corrected chi connectivity index (χ3v) is 9.38. The lowest BCUT2D eigenvalue weighted by Crippen LogP contribution is -2.27. The highest BCUT2D eigenvalue weighted by Gasteiger charge is 2.42. The van der Waals surface area contributed by atoms with Gasteiger partial charge in [-0.3, -0.25) is 4.18 Å². The molecule has 18 heteroatoms. The molecule has 0 saturated heterocycles. The number of carbonyl (C=O) groups is 1. The fraction of sp³-hybridized carbons (Fsp3) is 0.286. The Labute approximate surface area is 278 Å². The Bertz CT molecular complexity index is 1740. The molecule has 2 aromatic carbocycles. The molecule has 0 aliphatic heterocycles. The number of aromatic nitrogens is 1. The molecule has 4 aromatic rings. The van der Waals surface area contributed by atoms with Gasteiger partial charge >= 0.3 is 31.6 Å². The normalized spacial score (nSPS) is 12.4. The predicted octanol–water partition coefficient (Wildman–Crippen LogP) is 8.89. The van der Waals surface area contributed by atoms with E-state index in [1.165, 1.54) is 12.3 Å². The molecule has 0 unspecified atom stereocenters. The van der Waals surface area contributed by atoms with Crippen molar-refractivity contribution in [3.05, 3.63) is 82.9 Å². The first kappa shape index (κ1) is 37.6. The lowest BCUT2D eigenvalue weighted by molar-refractivity contribution is -0.154. The molecule has 0 atom stereocenters. The molecule has 2 aromatic heterocycles. The second kappa shape index (κ2) is 15.4. The van der Waals surface area contributed by atoms with E-state index in [9.17, 15) is 39.6 Å². The van der Waals surface area contributed by atoms with Crippen LogP contribution in [0.15, 0.2) is 66.9 Å². The molecule has 0 amide bonds. The third-order valence-electron chi connectivity index (χ3n) is 5.50. The van der Waals surface area contributed by atoms with E-state index in [1.807, 2.05) is 36.4 Å². The Hall–Kier alpha value is -2.82. The van der Waals surface area contributed by atoms with Crippen molar-refractivity contribution < 1.29 is 53.2 Å². The van der Waals surface area contributed by atoms with Gasteiger partial charge in [0.1, 0.15) is 0 Å². The molecule has 46 heavy (non-hydrogen) atoms. The van der Waals surface area contributed by atoms with Crippen LogP contribution >= 0.6 is 46.1 Å². The number of ether oxygens (including phenoxy) is 2. The molecule has 0 aliphatic rings. The van der Waals surface area contributed by atoms with Crippen molar-refractivity contribution in [1.29, 1.82) is 0 Å². The number of esters is 1. The maximum atomic E-state index is 12.3. The van der Waals surface area contributed by atoms with Gasteiger partial charge in [-0.1, -0.05) is 71.2 Å². The maximum Gasteiger partial charge on any atom is 0.422 e. The van der Waals surface area contributed by atoms with Crippen molar-refractivity contribution in [1.82, 2.24) is 4.98 Å². The van der Waals surface area contributed by atoms with E-state index in [1.54, 1.807) is 30.4 Å². The van der Waals surface area contributed by atoms with Gasteiger partial charge < -0.3 is 9.47 Å². The number of pyridine rings is 1. The van der Waals surface area contributed by atoms with Crippen molar-refractivity contribution in [2.75, 3.05) is 19.8 Å². The zero-order valence-electron chi connectivity index (χ0n) is 23.3. The summed E-state index contributed by atoms with van der Waals surface area (Å²) in [6, 6.07) is 18.6. The summed E-state index contributed by atoms with van der Waals surface area (Å²) in [6.45, 7) is -1.30. The Morgan fingerprint density at radius 3 is 2.17 bits per heavy atom. The summed E-state index contributed by atoms with van der Waals surface area (Å²) in [6.07, 6.45) is -7.08. The smallest absolute Gasteiger partial charge is 0.422 e. The van der Waals surface area contributed by atoms with Gasteiger partial charge in [-0.05, 0) is 47.2 Å². The van der Waals surface area contributed by atoms with Crippen LogP contribution in [0.3, 0.4) is 0 Å². The fourth-order valence-corrected chi connectivity index (χ4v) is 5.68. The van der Waals surface area contributed by atoms with Gasteiger partial charge in [0, 0.05) is 28.3 Å². The van der Waals surface area contributed by atoms with Gasteiger partial charge in [-0.15, -0.1) is 11.3 Å². The predicted molar refractivity (Wildman–Crippen MR) is 163 cm³/mol. The standard InChI is InChI=1S/C25H20F3NO3S.C3H2Cl3F3O3S/c1-2-31-24(30)19-7-3-5-17(12-19)21-8-4-6-18-13-20(33-23(18)21)11-16-9-10-22(29-14-16)32-15-25(26,27)28;4-3(5,6)13(10,11)12-1-2(7,8)9/h3-10,12-14H,2,11,15H2,1H3;1H2. The van der Waals surface area contributed by atoms with Crippen LogP contribution in [0.5, 0.6) is 5.88 Å². The number of hydrogen-bond acceptors (Lipinski definition) is 8. The minimum atomic E-state index is -4.85. The van der Waals surface area contributed by atoms with Gasteiger partial charge in [-0.2, -0.15) is 34.8 Å². The number of carbonyl (C=O) groups excluding carboxylic acids is 1. The van der Waals surface area contributed by atoms with E-state index >= 15 is 0 Å². The lowest BCUT2D eigenvalue weighted by atomic mass is 10.0. The van der Waals surface area contributed by atoms with Crippen molar-refractivity contribution in [2.45, 2.75) is 28.8 Å². The van der Waals surface area contributed by atoms with Crippen molar-refractivity contribution in [3.8, 4) is 17.0 Å². The van der Waals surface area contributed by atoms with Gasteiger partial charge in [0.2, 0.25) is 5.88 Å². The molecular formula is C28H22Cl3F6NO6S2. The van der Waals surface area contributed by atoms with Crippen LogP contribution in [0, 0.1) is 0 Å². The Balaban J connectivity index is 0.000000376. The summed E-state index contributed by atoms with van der Waals surface area (Å²) in [5.41, 5.74) is 3.31. The minimum Gasteiger partial charge on any atom is -0.468 e. The largest absolute Gasteiger partial charge is 0.468 e. The zero-order valence-corrected chi connectivity index (χ0v) is 27.2. The van der Waals surface area contributed by atoms with Gasteiger partial charge in [0.25, 0.3) is 0 Å². The van der Waals surface area contributed by atoms with Crippen LogP contribution in [0.2, 0.25) is 0 Å². The molecular weight excluding hydrogens is 731 g/mol. The van der Waals surface area contributed by atoms with E-state index in [4.69, 9.17) is 39.5 Å². The van der Waals surface area contributed by atoms with Crippen LogP contribution in [0.25, 0.3) is 21.2 Å². The van der Waals surface area contributed by atoms with Crippen molar-refractivity contribution in [2.24, 2.45) is 0 Å². The number of nitrogens with zero attached hydrogens (tertiary/aromatic N) is 1. The number of rotatable bonds is 9. The second-order valence-electron chi connectivity index (χ2n) is 9.10. The van der Waals surface area contributed by atoms with Crippen molar-refractivity contribution >= 4 is 72.3 Å². The molecule has 250 valence electrons. The van der Waals surface area contributed by atoms with E-state index in [0.717, 1.165) is 31.7 Å². The molecule has 4 rings (SSSR count). The highest BCUT2D eigenvalue weighted by molar-refractivity contribution is 7.92. The summed E-state index contributed by atoms with van der Waals surface area (Å²) in [7, 11) is -4.85. The van der Waals surface area contributed by atoms with Crippen LogP contribution in [0.1, 0.15) is 27.7 Å². The molecule has 0 saturated carbocycles. The molecule has 0 N–H and O–H groups in total. The molecule has 0 fully saturated rings. The summed E-state index contributed by atoms with van der Waals surface area (Å²) >= 11 is 16.0. The summed E-state index contributed by atoms with van der Waals surface area (Å²) in [5.74, 6) is -0.412. The average molecular weight is 753 g/mol. The van der Waals surface area contributed by atoms with Crippen LogP contribution in [-0.4, -0.2) is 54.7 Å². The van der Waals surface area contributed by atoms with E-state index < -0.39 is 38.8 Å². The van der Waals surface area contributed by atoms with E-state index in [0.29, 0.717) is 18.6 Å². The molecule has 7 nitrogen and oxygen atoms in total. The quantitative estimate of drug-likeness (QED) is 0.0730. The number of benzene rings is 2. The van der Waals surface area contributed by atoms with Crippen LogP contribution in [0.4, 0.5) is 26.3 Å². The second-order valence-corrected chi connectivity index (χ2v) is 14.9. The first-order chi connectivity index (χ1) is 21.3. The minimum absolute atomic E-state index is 0.0591. The van der Waals surface area contributed by atoms with Gasteiger partial charge in [0.05, 0.1) is 12.2 Å². The fourth-order valence-electron chi connectivity index (χ4n) is 3.63. The Morgan fingerprint density at radius 2 is 1.59 bits per heavy atom. The number of halogens is 9. The number of alkyl halides is 9. The molecule has 0 bridgehead atoms. The SMILES string of the molecule is CCOC(=O)c1cccc(-c2cccc3cc(Cc4ccc(OCC(F)(F)F)nc4)sc23)c1.O=S(=O)(OCC(F)(F)F)C(Cl)(Cl)Cl. The number of hydrogen-bond donors (Lipinski definition) is 0. The molecule has 0 aliphatic carbocycles. The third kappa shape index (κ3) is 11.5. The lowest BCUT2D eigenvalue weighted by Gasteiger charge is -2.12. The topological polar surface area (TPSA) is 91.8 Å². The van der Waals surface area contributed by atoms with Crippen LogP contribution in [-0.2, 0) is 25.5 Å².